The molecule has 0 saturated heterocycles. The van der Waals surface area contributed by atoms with E-state index in [1.165, 1.54) is 0 Å². The Kier molecular flexibility index (Phi) is 2.96. The molecule has 0 atom stereocenters. The van der Waals surface area contributed by atoms with E-state index in [1.807, 2.05) is 42.5 Å². The first-order valence-corrected chi connectivity index (χ1v) is 5.05. The molecule has 2 aromatic carbocycles. The normalized spacial score (nSPS) is 9.81. The number of para-hydroxylation sites is 1. The second-order valence-electron chi connectivity index (χ2n) is 3.44. The van der Waals surface area contributed by atoms with Crippen molar-refractivity contribution in [3.8, 4) is 5.75 Å². The summed E-state index contributed by atoms with van der Waals surface area (Å²) in [7, 11) is 1.62. The van der Waals surface area contributed by atoms with Gasteiger partial charge in [0.15, 0.2) is 0 Å². The summed E-state index contributed by atoms with van der Waals surface area (Å²) in [4.78, 5) is 0. The lowest BCUT2D eigenvalue weighted by Gasteiger charge is -2.10. The van der Waals surface area contributed by atoms with Gasteiger partial charge in [-0.2, -0.15) is 0 Å². The lowest BCUT2D eigenvalue weighted by Crippen LogP contribution is -1.96. The largest absolute Gasteiger partial charge is 0.497 e. The van der Waals surface area contributed by atoms with Crippen LogP contribution in [0.1, 0.15) is 0 Å². The van der Waals surface area contributed by atoms with Crippen LogP contribution in [-0.4, -0.2) is 7.11 Å². The summed E-state index contributed by atoms with van der Waals surface area (Å²) >= 11 is 0. The molecule has 0 bridgehead atoms. The van der Waals surface area contributed by atoms with Crippen LogP contribution in [0.15, 0.2) is 48.5 Å². The molecule has 0 unspecified atom stereocenters. The number of rotatable bonds is 3. The Labute approximate surface area is 94.9 Å². The molecule has 0 saturated carbocycles. The molecule has 0 radical (unpaired) electrons. The minimum absolute atomic E-state index is 0.670. The number of anilines is 3. The van der Waals surface area contributed by atoms with Gasteiger partial charge in [0.25, 0.3) is 0 Å². The second kappa shape index (κ2) is 4.57. The summed E-state index contributed by atoms with van der Waals surface area (Å²) < 4.78 is 5.09. The second-order valence-corrected chi connectivity index (χ2v) is 3.44. The molecule has 3 nitrogen and oxygen atoms in total. The van der Waals surface area contributed by atoms with Crippen LogP contribution in [0.25, 0.3) is 0 Å². The Bertz CT molecular complexity index is 469. The van der Waals surface area contributed by atoms with Gasteiger partial charge in [-0.25, -0.2) is 0 Å². The van der Waals surface area contributed by atoms with E-state index >= 15 is 0 Å². The standard InChI is InChI=1S/C13H14N2O/c1-16-11-7-8-13(12(14)9-11)15-10-5-3-2-4-6-10/h2-9,15H,14H2,1H3. The SMILES string of the molecule is COc1ccc(Nc2ccccc2)c(N)c1. The third kappa shape index (κ3) is 2.25. The minimum atomic E-state index is 0.670. The number of benzene rings is 2. The van der Waals surface area contributed by atoms with Gasteiger partial charge in [0.2, 0.25) is 0 Å². The topological polar surface area (TPSA) is 47.3 Å². The zero-order chi connectivity index (χ0) is 11.4. The van der Waals surface area contributed by atoms with Crippen LogP contribution < -0.4 is 15.8 Å². The Hall–Kier alpha value is -2.16. The third-order valence-corrected chi connectivity index (χ3v) is 2.31. The number of nitrogens with two attached hydrogens (primary N) is 1. The molecule has 0 aromatic heterocycles. The predicted molar refractivity (Wildman–Crippen MR) is 67.1 cm³/mol. The predicted octanol–water partition coefficient (Wildman–Crippen LogP) is 3.02. The van der Waals surface area contributed by atoms with Crippen molar-refractivity contribution in [2.45, 2.75) is 0 Å². The van der Waals surface area contributed by atoms with Gasteiger partial charge >= 0.3 is 0 Å². The van der Waals surface area contributed by atoms with Gasteiger partial charge in [0, 0.05) is 11.8 Å². The first-order chi connectivity index (χ1) is 7.79. The van der Waals surface area contributed by atoms with Gasteiger partial charge in [-0.1, -0.05) is 18.2 Å². The molecule has 0 spiro atoms. The number of methoxy groups -OCH3 is 1. The zero-order valence-electron chi connectivity index (χ0n) is 9.10. The van der Waals surface area contributed by atoms with Crippen molar-refractivity contribution < 1.29 is 4.74 Å². The summed E-state index contributed by atoms with van der Waals surface area (Å²) in [5.74, 6) is 0.760. The molecular weight excluding hydrogens is 200 g/mol. The summed E-state index contributed by atoms with van der Waals surface area (Å²) in [5, 5.41) is 3.24. The minimum Gasteiger partial charge on any atom is -0.497 e. The van der Waals surface area contributed by atoms with E-state index in [1.54, 1.807) is 13.2 Å². The molecule has 0 fully saturated rings. The molecule has 0 aliphatic carbocycles. The molecule has 2 aromatic rings. The smallest absolute Gasteiger partial charge is 0.121 e. The monoisotopic (exact) mass is 214 g/mol. The average Bonchev–Trinajstić information content (AvgIpc) is 2.33. The molecule has 2 rings (SSSR count). The number of nitrogens with one attached hydrogen (secondary N) is 1. The molecule has 0 amide bonds. The fourth-order valence-corrected chi connectivity index (χ4v) is 1.46. The molecule has 0 aliphatic rings. The average molecular weight is 214 g/mol. The first kappa shape index (κ1) is 10.4. The van der Waals surface area contributed by atoms with Crippen molar-refractivity contribution in [1.82, 2.24) is 0 Å². The van der Waals surface area contributed by atoms with Crippen molar-refractivity contribution in [1.29, 1.82) is 0 Å². The van der Waals surface area contributed by atoms with Crippen LogP contribution in [0.3, 0.4) is 0 Å². The van der Waals surface area contributed by atoms with E-state index in [4.69, 9.17) is 10.5 Å². The van der Waals surface area contributed by atoms with Gasteiger partial charge in [-0.15, -0.1) is 0 Å². The van der Waals surface area contributed by atoms with Gasteiger partial charge in [-0.05, 0) is 24.3 Å². The van der Waals surface area contributed by atoms with Crippen molar-refractivity contribution in [3.63, 3.8) is 0 Å². The Morgan fingerprint density at radius 2 is 1.81 bits per heavy atom. The summed E-state index contributed by atoms with van der Waals surface area (Å²) in [5.41, 5.74) is 8.47. The van der Waals surface area contributed by atoms with Gasteiger partial charge < -0.3 is 15.8 Å². The van der Waals surface area contributed by atoms with Crippen LogP contribution in [0.2, 0.25) is 0 Å². The maximum Gasteiger partial charge on any atom is 0.121 e. The summed E-state index contributed by atoms with van der Waals surface area (Å²) in [6, 6.07) is 15.5. The van der Waals surface area contributed by atoms with Crippen LogP contribution in [0, 0.1) is 0 Å². The molecular formula is C13H14N2O. The van der Waals surface area contributed by atoms with Crippen molar-refractivity contribution in [3.05, 3.63) is 48.5 Å². The maximum atomic E-state index is 5.90. The molecule has 3 N–H and O–H groups in total. The highest BCUT2D eigenvalue weighted by Gasteiger charge is 2.00. The summed E-state index contributed by atoms with van der Waals surface area (Å²) in [6.07, 6.45) is 0. The van der Waals surface area contributed by atoms with Crippen LogP contribution in [0.4, 0.5) is 17.1 Å². The number of hydrogen-bond acceptors (Lipinski definition) is 3. The molecule has 16 heavy (non-hydrogen) atoms. The molecule has 3 heteroatoms. The maximum absolute atomic E-state index is 5.90. The van der Waals surface area contributed by atoms with Gasteiger partial charge in [0.1, 0.15) is 5.75 Å². The lowest BCUT2D eigenvalue weighted by molar-refractivity contribution is 0.415. The van der Waals surface area contributed by atoms with Crippen molar-refractivity contribution >= 4 is 17.1 Å². The quantitative estimate of drug-likeness (QED) is 0.772. The number of hydrogen-bond donors (Lipinski definition) is 2. The van der Waals surface area contributed by atoms with Crippen LogP contribution in [0.5, 0.6) is 5.75 Å². The number of nitrogen functional groups attached to an aromatic ring is 1. The third-order valence-electron chi connectivity index (χ3n) is 2.31. The van der Waals surface area contributed by atoms with Crippen LogP contribution in [-0.2, 0) is 0 Å². The first-order valence-electron chi connectivity index (χ1n) is 5.05. The zero-order valence-corrected chi connectivity index (χ0v) is 9.10. The molecule has 0 aliphatic heterocycles. The van der Waals surface area contributed by atoms with Crippen molar-refractivity contribution in [2.24, 2.45) is 0 Å². The van der Waals surface area contributed by atoms with E-state index < -0.39 is 0 Å². The molecule has 82 valence electrons. The van der Waals surface area contributed by atoms with E-state index in [9.17, 15) is 0 Å². The Morgan fingerprint density at radius 3 is 2.44 bits per heavy atom. The van der Waals surface area contributed by atoms with E-state index in [-0.39, 0.29) is 0 Å². The fourth-order valence-electron chi connectivity index (χ4n) is 1.46. The van der Waals surface area contributed by atoms with E-state index in [2.05, 4.69) is 5.32 Å². The van der Waals surface area contributed by atoms with E-state index in [0.717, 1.165) is 17.1 Å². The van der Waals surface area contributed by atoms with Gasteiger partial charge in [-0.3, -0.25) is 0 Å². The highest BCUT2D eigenvalue weighted by atomic mass is 16.5. The number of ether oxygens (including phenoxy) is 1. The highest BCUT2D eigenvalue weighted by molar-refractivity contribution is 5.73. The van der Waals surface area contributed by atoms with E-state index in [0.29, 0.717) is 5.69 Å². The highest BCUT2D eigenvalue weighted by Crippen LogP contribution is 2.26. The van der Waals surface area contributed by atoms with Crippen molar-refractivity contribution in [2.75, 3.05) is 18.2 Å². The molecule has 0 heterocycles. The Morgan fingerprint density at radius 1 is 1.06 bits per heavy atom. The lowest BCUT2D eigenvalue weighted by atomic mass is 10.2. The van der Waals surface area contributed by atoms with Gasteiger partial charge in [0.05, 0.1) is 18.5 Å². The Balaban J connectivity index is 2.22. The fraction of sp³-hybridized carbons (Fsp3) is 0.0769. The van der Waals surface area contributed by atoms with Crippen LogP contribution >= 0.6 is 0 Å². The summed E-state index contributed by atoms with van der Waals surface area (Å²) in [6.45, 7) is 0.